The largest absolute Gasteiger partial charge is 0.304 e. The molecule has 0 aromatic heterocycles. The lowest BCUT2D eigenvalue weighted by atomic mass is 10.0. The maximum Gasteiger partial charge on any atom is 0.141 e. The highest BCUT2D eigenvalue weighted by Crippen LogP contribution is 2.18. The number of nitrogens with one attached hydrogen (secondary N) is 1. The minimum absolute atomic E-state index is 0.231. The molecule has 0 radical (unpaired) electrons. The molecule has 1 unspecified atom stereocenters. The van der Waals surface area contributed by atoms with Crippen LogP contribution in [0, 0.1) is 5.82 Å². The van der Waals surface area contributed by atoms with Gasteiger partial charge in [0.25, 0.3) is 0 Å². The Morgan fingerprint density at radius 3 is 2.34 bits per heavy atom. The highest BCUT2D eigenvalue weighted by Gasteiger charge is 2.10. The molecule has 1 N–H and O–H groups in total. The Hall–Kier alpha value is -2.43. The quantitative estimate of drug-likeness (QED) is 0.342. The number of hydrogen-bond donors (Lipinski definition) is 1. The van der Waals surface area contributed by atoms with E-state index in [1.807, 2.05) is 30.0 Å². The molecule has 0 bridgehead atoms. The molecular weight excluding hydrogens is 381 g/mol. The summed E-state index contributed by atoms with van der Waals surface area (Å²) in [6.07, 6.45) is 2.76. The number of thioether (sulfide) groups is 1. The van der Waals surface area contributed by atoms with E-state index in [1.54, 1.807) is 12.1 Å². The molecule has 29 heavy (non-hydrogen) atoms. The first-order valence-electron chi connectivity index (χ1n) is 9.88. The molecule has 3 rings (SSSR count). The number of hydrogen-bond acceptors (Lipinski definition) is 3. The van der Waals surface area contributed by atoms with Gasteiger partial charge < -0.3 is 10.1 Å². The fraction of sp³-hybridized carbons (Fsp3) is 0.240. The lowest BCUT2D eigenvalue weighted by molar-refractivity contribution is -0.109. The maximum atomic E-state index is 13.0. The topological polar surface area (TPSA) is 29.1 Å². The Balaban J connectivity index is 1.47. The third-order valence-corrected chi connectivity index (χ3v) is 5.81. The van der Waals surface area contributed by atoms with Gasteiger partial charge in [0, 0.05) is 12.3 Å². The summed E-state index contributed by atoms with van der Waals surface area (Å²) in [4.78, 5) is 11.6. The molecule has 4 heteroatoms. The third-order valence-electron chi connectivity index (χ3n) is 4.78. The van der Waals surface area contributed by atoms with Gasteiger partial charge in [-0.2, -0.15) is 11.8 Å². The minimum Gasteiger partial charge on any atom is -0.304 e. The average molecular weight is 408 g/mol. The van der Waals surface area contributed by atoms with Crippen molar-refractivity contribution >= 4 is 18.0 Å². The summed E-state index contributed by atoms with van der Waals surface area (Å²) in [5, 5.41) is 3.30. The summed E-state index contributed by atoms with van der Waals surface area (Å²) in [6.45, 7) is 0.658. The van der Waals surface area contributed by atoms with Crippen LogP contribution >= 0.6 is 11.8 Å². The fourth-order valence-electron chi connectivity index (χ4n) is 3.17. The first-order valence-corrected chi connectivity index (χ1v) is 11.0. The molecule has 0 aliphatic rings. The molecule has 0 saturated carbocycles. The van der Waals surface area contributed by atoms with Gasteiger partial charge in [-0.3, -0.25) is 0 Å². The Labute approximate surface area is 176 Å². The average Bonchev–Trinajstić information content (AvgIpc) is 2.76. The Morgan fingerprint density at radius 2 is 1.59 bits per heavy atom. The molecule has 1 atom stereocenters. The highest BCUT2D eigenvalue weighted by atomic mass is 32.2. The summed E-state index contributed by atoms with van der Waals surface area (Å²) in [5.74, 6) is 1.77. The Kier molecular flexibility index (Phi) is 8.47. The molecule has 0 fully saturated rings. The standard InChI is InChI=1S/C25H26FNOS/c26-24-11-9-21(10-12-24)13-15-27-25(18-28)23-8-4-7-22(17-23)19-29-16-14-20-5-2-1-3-6-20/h1-12,17-18,25,27H,13-16,19H2. The number of aryl methyl sites for hydroxylation is 1. The van der Waals surface area contributed by atoms with Gasteiger partial charge in [-0.1, -0.05) is 66.7 Å². The van der Waals surface area contributed by atoms with Gasteiger partial charge in [0.1, 0.15) is 12.1 Å². The van der Waals surface area contributed by atoms with Crippen LogP contribution in [0.25, 0.3) is 0 Å². The third kappa shape index (κ3) is 7.15. The van der Waals surface area contributed by atoms with Crippen LogP contribution in [0.3, 0.4) is 0 Å². The van der Waals surface area contributed by atoms with Crippen LogP contribution in [0.15, 0.2) is 78.9 Å². The second-order valence-electron chi connectivity index (χ2n) is 6.98. The second-order valence-corrected chi connectivity index (χ2v) is 8.08. The number of halogens is 1. The molecule has 0 spiro atoms. The molecule has 0 saturated heterocycles. The Morgan fingerprint density at radius 1 is 0.862 bits per heavy atom. The normalized spacial score (nSPS) is 11.9. The molecule has 150 valence electrons. The van der Waals surface area contributed by atoms with Gasteiger partial charge in [-0.05, 0) is 53.0 Å². The van der Waals surface area contributed by atoms with Crippen molar-refractivity contribution in [3.8, 4) is 0 Å². The van der Waals surface area contributed by atoms with Crippen molar-refractivity contribution in [1.82, 2.24) is 5.32 Å². The lowest BCUT2D eigenvalue weighted by Crippen LogP contribution is -2.25. The molecule has 0 aliphatic heterocycles. The Bertz CT molecular complexity index is 883. The van der Waals surface area contributed by atoms with Gasteiger partial charge in [-0.15, -0.1) is 0 Å². The van der Waals surface area contributed by atoms with E-state index in [0.717, 1.165) is 41.8 Å². The van der Waals surface area contributed by atoms with Crippen LogP contribution in [0.4, 0.5) is 4.39 Å². The van der Waals surface area contributed by atoms with Crippen LogP contribution in [0.1, 0.15) is 28.3 Å². The summed E-state index contributed by atoms with van der Waals surface area (Å²) in [7, 11) is 0. The number of carbonyl (C=O) groups excluding carboxylic acids is 1. The van der Waals surface area contributed by atoms with E-state index in [1.165, 1.54) is 23.3 Å². The number of benzene rings is 3. The van der Waals surface area contributed by atoms with Gasteiger partial charge in [-0.25, -0.2) is 4.39 Å². The van der Waals surface area contributed by atoms with Crippen LogP contribution in [-0.2, 0) is 23.4 Å². The zero-order chi connectivity index (χ0) is 20.3. The van der Waals surface area contributed by atoms with E-state index >= 15 is 0 Å². The fourth-order valence-corrected chi connectivity index (χ4v) is 4.11. The molecule has 0 heterocycles. The molecule has 2 nitrogen and oxygen atoms in total. The molecule has 3 aromatic carbocycles. The van der Waals surface area contributed by atoms with Crippen molar-refractivity contribution in [2.24, 2.45) is 0 Å². The van der Waals surface area contributed by atoms with Crippen molar-refractivity contribution in [2.75, 3.05) is 12.3 Å². The van der Waals surface area contributed by atoms with Gasteiger partial charge in [0.15, 0.2) is 0 Å². The smallest absolute Gasteiger partial charge is 0.141 e. The number of rotatable bonds is 11. The highest BCUT2D eigenvalue weighted by molar-refractivity contribution is 7.98. The number of aldehydes is 1. The SMILES string of the molecule is O=CC(NCCc1ccc(F)cc1)c1cccc(CSCCc2ccccc2)c1. The predicted octanol–water partition coefficient (Wildman–Crippen LogP) is 5.37. The summed E-state index contributed by atoms with van der Waals surface area (Å²) < 4.78 is 13.0. The van der Waals surface area contributed by atoms with Crippen LogP contribution in [-0.4, -0.2) is 18.6 Å². The first-order chi connectivity index (χ1) is 14.2. The van der Waals surface area contributed by atoms with E-state index in [0.29, 0.717) is 6.54 Å². The summed E-state index contributed by atoms with van der Waals surface area (Å²) >= 11 is 1.91. The molecular formula is C25H26FNOS. The van der Waals surface area contributed by atoms with E-state index < -0.39 is 0 Å². The zero-order valence-corrected chi connectivity index (χ0v) is 17.2. The van der Waals surface area contributed by atoms with E-state index in [9.17, 15) is 9.18 Å². The predicted molar refractivity (Wildman–Crippen MR) is 120 cm³/mol. The van der Waals surface area contributed by atoms with E-state index in [4.69, 9.17) is 0 Å². The maximum absolute atomic E-state index is 13.0. The van der Waals surface area contributed by atoms with Crippen LogP contribution < -0.4 is 5.32 Å². The van der Waals surface area contributed by atoms with Gasteiger partial charge >= 0.3 is 0 Å². The lowest BCUT2D eigenvalue weighted by Gasteiger charge is -2.14. The molecule has 0 amide bonds. The van der Waals surface area contributed by atoms with Crippen molar-refractivity contribution < 1.29 is 9.18 Å². The van der Waals surface area contributed by atoms with Crippen molar-refractivity contribution in [3.63, 3.8) is 0 Å². The summed E-state index contributed by atoms with van der Waals surface area (Å²) in [5.41, 5.74) is 4.63. The first kappa shape index (κ1) is 21.3. The monoisotopic (exact) mass is 407 g/mol. The van der Waals surface area contributed by atoms with Gasteiger partial charge in [0.05, 0.1) is 6.04 Å². The number of carbonyl (C=O) groups is 1. The van der Waals surface area contributed by atoms with Crippen LogP contribution in [0.5, 0.6) is 0 Å². The molecule has 3 aromatic rings. The van der Waals surface area contributed by atoms with E-state index in [-0.39, 0.29) is 11.9 Å². The minimum atomic E-state index is -0.329. The second kappa shape index (κ2) is 11.5. The zero-order valence-electron chi connectivity index (χ0n) is 16.4. The van der Waals surface area contributed by atoms with Crippen molar-refractivity contribution in [2.45, 2.75) is 24.6 Å². The van der Waals surface area contributed by atoms with Crippen molar-refractivity contribution in [1.29, 1.82) is 0 Å². The van der Waals surface area contributed by atoms with Crippen LogP contribution in [0.2, 0.25) is 0 Å². The van der Waals surface area contributed by atoms with E-state index in [2.05, 4.69) is 41.7 Å². The van der Waals surface area contributed by atoms with Gasteiger partial charge in [0.2, 0.25) is 0 Å². The summed E-state index contributed by atoms with van der Waals surface area (Å²) in [6, 6.07) is 24.9. The van der Waals surface area contributed by atoms with Crippen molar-refractivity contribution in [3.05, 3.63) is 107 Å². The molecule has 0 aliphatic carbocycles.